The van der Waals surface area contributed by atoms with E-state index in [2.05, 4.69) is 10.2 Å². The Bertz CT molecular complexity index is 486. The third-order valence-electron chi connectivity index (χ3n) is 2.20. The van der Waals surface area contributed by atoms with Gasteiger partial charge >= 0.3 is 6.18 Å². The van der Waals surface area contributed by atoms with E-state index in [0.29, 0.717) is 16.8 Å². The Morgan fingerprint density at radius 3 is 2.50 bits per heavy atom. The van der Waals surface area contributed by atoms with E-state index in [1.165, 1.54) is 0 Å². The van der Waals surface area contributed by atoms with Crippen LogP contribution in [0.15, 0.2) is 30.5 Å². The number of aromatic amines is 1. The van der Waals surface area contributed by atoms with Crippen LogP contribution in [0.4, 0.5) is 13.2 Å². The molecule has 0 aliphatic rings. The van der Waals surface area contributed by atoms with Gasteiger partial charge in [0.15, 0.2) is 0 Å². The highest BCUT2D eigenvalue weighted by atomic mass is 19.4. The molecule has 0 atom stereocenters. The molecule has 2 aromatic rings. The van der Waals surface area contributed by atoms with Gasteiger partial charge in [-0.2, -0.15) is 18.3 Å². The van der Waals surface area contributed by atoms with Crippen LogP contribution >= 0.6 is 0 Å². The van der Waals surface area contributed by atoms with Gasteiger partial charge in [0.25, 0.3) is 0 Å². The zero-order valence-electron chi connectivity index (χ0n) is 8.47. The number of aromatic nitrogens is 2. The maximum atomic E-state index is 12.6. The molecule has 16 heavy (non-hydrogen) atoms. The number of H-pyrrole nitrogens is 1. The van der Waals surface area contributed by atoms with E-state index in [1.54, 1.807) is 25.3 Å². The fourth-order valence-electron chi connectivity index (χ4n) is 1.52. The van der Waals surface area contributed by atoms with E-state index < -0.39 is 11.7 Å². The molecule has 2 rings (SSSR count). The van der Waals surface area contributed by atoms with E-state index in [4.69, 9.17) is 0 Å². The summed E-state index contributed by atoms with van der Waals surface area (Å²) in [5, 5.41) is 6.43. The van der Waals surface area contributed by atoms with Gasteiger partial charge in [-0.25, -0.2) is 0 Å². The molecule has 0 saturated heterocycles. The summed E-state index contributed by atoms with van der Waals surface area (Å²) in [5.74, 6) is 0. The first-order chi connectivity index (χ1) is 7.47. The lowest BCUT2D eigenvalue weighted by molar-refractivity contribution is -0.137. The molecular weight excluding hydrogens is 217 g/mol. The van der Waals surface area contributed by atoms with Crippen molar-refractivity contribution < 1.29 is 13.2 Å². The maximum absolute atomic E-state index is 12.6. The van der Waals surface area contributed by atoms with Crippen LogP contribution in [0, 0.1) is 6.92 Å². The quantitative estimate of drug-likeness (QED) is 0.793. The summed E-state index contributed by atoms with van der Waals surface area (Å²) >= 11 is 0. The van der Waals surface area contributed by atoms with Gasteiger partial charge in [-0.15, -0.1) is 0 Å². The smallest absolute Gasteiger partial charge is 0.285 e. The SMILES string of the molecule is Cc1cc(-c2cc[nH]n2)cc(C(F)(F)F)c1. The van der Waals surface area contributed by atoms with Gasteiger partial charge in [-0.05, 0) is 36.8 Å². The van der Waals surface area contributed by atoms with Gasteiger partial charge in [0.2, 0.25) is 0 Å². The number of hydrogen-bond acceptors (Lipinski definition) is 1. The van der Waals surface area contributed by atoms with Gasteiger partial charge < -0.3 is 0 Å². The minimum absolute atomic E-state index is 0.466. The highest BCUT2D eigenvalue weighted by molar-refractivity contribution is 5.61. The topological polar surface area (TPSA) is 28.7 Å². The fourth-order valence-corrected chi connectivity index (χ4v) is 1.52. The lowest BCUT2D eigenvalue weighted by Crippen LogP contribution is -2.05. The first-order valence-corrected chi connectivity index (χ1v) is 4.66. The molecule has 0 aliphatic heterocycles. The van der Waals surface area contributed by atoms with Crippen LogP contribution in [0.3, 0.4) is 0 Å². The average molecular weight is 226 g/mol. The molecule has 0 fully saturated rings. The second-order valence-corrected chi connectivity index (χ2v) is 3.54. The van der Waals surface area contributed by atoms with E-state index in [0.717, 1.165) is 12.1 Å². The first-order valence-electron chi connectivity index (χ1n) is 4.66. The Morgan fingerprint density at radius 2 is 1.94 bits per heavy atom. The summed E-state index contributed by atoms with van der Waals surface area (Å²) in [4.78, 5) is 0. The Balaban J connectivity index is 2.53. The Hall–Kier alpha value is -1.78. The van der Waals surface area contributed by atoms with Gasteiger partial charge in [0.1, 0.15) is 0 Å². The molecule has 0 saturated carbocycles. The van der Waals surface area contributed by atoms with Gasteiger partial charge in [-0.3, -0.25) is 5.10 Å². The highest BCUT2D eigenvalue weighted by Gasteiger charge is 2.31. The monoisotopic (exact) mass is 226 g/mol. The molecule has 5 heteroatoms. The average Bonchev–Trinajstić information content (AvgIpc) is 2.68. The molecule has 0 unspecified atom stereocenters. The van der Waals surface area contributed by atoms with Crippen molar-refractivity contribution in [2.24, 2.45) is 0 Å². The number of nitrogens with zero attached hydrogens (tertiary/aromatic N) is 1. The van der Waals surface area contributed by atoms with E-state index >= 15 is 0 Å². The molecule has 0 amide bonds. The predicted octanol–water partition coefficient (Wildman–Crippen LogP) is 3.40. The minimum Gasteiger partial charge on any atom is -0.285 e. The molecule has 0 spiro atoms. The zero-order chi connectivity index (χ0) is 11.8. The molecule has 1 aromatic heterocycles. The van der Waals surface area contributed by atoms with Crippen LogP contribution in [-0.2, 0) is 6.18 Å². The third-order valence-corrected chi connectivity index (χ3v) is 2.20. The van der Waals surface area contributed by atoms with Crippen LogP contribution < -0.4 is 0 Å². The van der Waals surface area contributed by atoms with Crippen molar-refractivity contribution in [2.45, 2.75) is 13.1 Å². The Kier molecular flexibility index (Phi) is 2.46. The largest absolute Gasteiger partial charge is 0.416 e. The summed E-state index contributed by atoms with van der Waals surface area (Å²) in [7, 11) is 0. The van der Waals surface area contributed by atoms with Crippen molar-refractivity contribution in [3.8, 4) is 11.3 Å². The summed E-state index contributed by atoms with van der Waals surface area (Å²) in [6, 6.07) is 5.53. The number of hydrogen-bond donors (Lipinski definition) is 1. The molecule has 84 valence electrons. The molecule has 0 aliphatic carbocycles. The standard InChI is InChI=1S/C11H9F3N2/c1-7-4-8(10-2-3-15-16-10)6-9(5-7)11(12,13)14/h2-6H,1H3,(H,15,16). The van der Waals surface area contributed by atoms with Crippen LogP contribution in [0.5, 0.6) is 0 Å². The number of aryl methyl sites for hydroxylation is 1. The van der Waals surface area contributed by atoms with Crippen LogP contribution in [0.2, 0.25) is 0 Å². The van der Waals surface area contributed by atoms with Gasteiger partial charge in [-0.1, -0.05) is 0 Å². The Morgan fingerprint density at radius 1 is 1.19 bits per heavy atom. The normalized spacial score (nSPS) is 11.8. The van der Waals surface area contributed by atoms with Crippen molar-refractivity contribution in [2.75, 3.05) is 0 Å². The van der Waals surface area contributed by atoms with Crippen molar-refractivity contribution in [1.29, 1.82) is 0 Å². The number of alkyl halides is 3. The number of nitrogens with one attached hydrogen (secondary N) is 1. The molecule has 1 N–H and O–H groups in total. The lowest BCUT2D eigenvalue weighted by atomic mass is 10.0. The number of benzene rings is 1. The molecule has 0 radical (unpaired) electrons. The second-order valence-electron chi connectivity index (χ2n) is 3.54. The van der Waals surface area contributed by atoms with Gasteiger partial charge in [0.05, 0.1) is 11.3 Å². The van der Waals surface area contributed by atoms with E-state index in [9.17, 15) is 13.2 Å². The molecule has 1 heterocycles. The zero-order valence-corrected chi connectivity index (χ0v) is 8.47. The number of rotatable bonds is 1. The fraction of sp³-hybridized carbons (Fsp3) is 0.182. The first kappa shape index (κ1) is 10.7. The summed E-state index contributed by atoms with van der Waals surface area (Å²) < 4.78 is 37.7. The summed E-state index contributed by atoms with van der Waals surface area (Å²) in [6.07, 6.45) is -2.75. The summed E-state index contributed by atoms with van der Waals surface area (Å²) in [6.45, 7) is 1.63. The molecular formula is C11H9F3N2. The number of halogens is 3. The molecule has 0 bridgehead atoms. The van der Waals surface area contributed by atoms with E-state index in [-0.39, 0.29) is 0 Å². The third kappa shape index (κ3) is 2.08. The van der Waals surface area contributed by atoms with Crippen molar-refractivity contribution in [3.05, 3.63) is 41.6 Å². The Labute approximate surface area is 90.1 Å². The highest BCUT2D eigenvalue weighted by Crippen LogP contribution is 2.32. The predicted molar refractivity (Wildman–Crippen MR) is 53.8 cm³/mol. The van der Waals surface area contributed by atoms with Crippen molar-refractivity contribution in [1.82, 2.24) is 10.2 Å². The van der Waals surface area contributed by atoms with Crippen LogP contribution in [0.25, 0.3) is 11.3 Å². The summed E-state index contributed by atoms with van der Waals surface area (Å²) in [5.41, 5.74) is 0.890. The van der Waals surface area contributed by atoms with Crippen LogP contribution in [-0.4, -0.2) is 10.2 Å². The second kappa shape index (κ2) is 3.66. The van der Waals surface area contributed by atoms with Crippen LogP contribution in [0.1, 0.15) is 11.1 Å². The van der Waals surface area contributed by atoms with E-state index in [1.807, 2.05) is 0 Å². The molecule has 1 aromatic carbocycles. The lowest BCUT2D eigenvalue weighted by Gasteiger charge is -2.09. The van der Waals surface area contributed by atoms with Gasteiger partial charge in [0, 0.05) is 11.8 Å². The maximum Gasteiger partial charge on any atom is 0.416 e. The van der Waals surface area contributed by atoms with Crippen molar-refractivity contribution >= 4 is 0 Å². The van der Waals surface area contributed by atoms with Crippen molar-refractivity contribution in [3.63, 3.8) is 0 Å². The minimum atomic E-state index is -4.32. The molecule has 2 nitrogen and oxygen atoms in total.